The van der Waals surface area contributed by atoms with Crippen LogP contribution < -0.4 is 0 Å². The lowest BCUT2D eigenvalue weighted by molar-refractivity contribution is 0.540. The molecule has 1 saturated carbocycles. The second-order valence-corrected chi connectivity index (χ2v) is 6.60. The Morgan fingerprint density at radius 1 is 1.17 bits per heavy atom. The van der Waals surface area contributed by atoms with Gasteiger partial charge in [0.2, 0.25) is 5.89 Å². The van der Waals surface area contributed by atoms with Crippen molar-refractivity contribution in [2.45, 2.75) is 18.8 Å². The fraction of sp³-hybridized carbons (Fsp3) is 0.176. The summed E-state index contributed by atoms with van der Waals surface area (Å²) in [7, 11) is 0. The van der Waals surface area contributed by atoms with Crippen molar-refractivity contribution in [3.8, 4) is 22.7 Å². The van der Waals surface area contributed by atoms with Crippen LogP contribution >= 0.6 is 15.9 Å². The SMILES string of the molecule is Brc1nnc(-c2ccc3[nH]cc(-c4cncc(C5CC5)n4)c3c2)o1. The van der Waals surface area contributed by atoms with E-state index in [4.69, 9.17) is 9.40 Å². The fourth-order valence-corrected chi connectivity index (χ4v) is 3.11. The van der Waals surface area contributed by atoms with E-state index in [1.54, 1.807) is 0 Å². The van der Waals surface area contributed by atoms with Gasteiger partial charge in [-0.05, 0) is 31.0 Å². The maximum atomic E-state index is 5.46. The van der Waals surface area contributed by atoms with Crippen molar-refractivity contribution < 1.29 is 4.42 Å². The Bertz CT molecular complexity index is 1050. The number of H-pyrrole nitrogens is 1. The van der Waals surface area contributed by atoms with Gasteiger partial charge in [-0.15, -0.1) is 10.2 Å². The Hall–Kier alpha value is -2.54. The lowest BCUT2D eigenvalue weighted by atomic mass is 10.1. The van der Waals surface area contributed by atoms with Gasteiger partial charge in [0.25, 0.3) is 4.80 Å². The third kappa shape index (κ3) is 2.32. The van der Waals surface area contributed by atoms with E-state index in [1.165, 1.54) is 12.8 Å². The molecule has 4 aromatic rings. The van der Waals surface area contributed by atoms with Crippen LogP contribution in [0, 0.1) is 0 Å². The highest BCUT2D eigenvalue weighted by molar-refractivity contribution is 9.10. The van der Waals surface area contributed by atoms with Crippen LogP contribution in [-0.4, -0.2) is 25.1 Å². The number of hydrogen-bond donors (Lipinski definition) is 1. The van der Waals surface area contributed by atoms with Crippen molar-refractivity contribution in [1.82, 2.24) is 25.1 Å². The van der Waals surface area contributed by atoms with E-state index >= 15 is 0 Å². The summed E-state index contributed by atoms with van der Waals surface area (Å²) in [5.41, 5.74) is 4.90. The largest absolute Gasteiger partial charge is 0.411 e. The standard InChI is InChI=1S/C17H12BrN5O/c18-17-23-22-16(24-17)10-3-4-13-11(5-10)12(6-20-13)15-8-19-7-14(21-15)9-1-2-9/h3-9,20H,1-2H2. The van der Waals surface area contributed by atoms with Gasteiger partial charge in [0.15, 0.2) is 0 Å². The summed E-state index contributed by atoms with van der Waals surface area (Å²) in [6, 6.07) is 5.99. The summed E-state index contributed by atoms with van der Waals surface area (Å²) >= 11 is 3.19. The highest BCUT2D eigenvalue weighted by Gasteiger charge is 2.25. The molecule has 0 bridgehead atoms. The van der Waals surface area contributed by atoms with Crippen molar-refractivity contribution in [3.05, 3.63) is 47.3 Å². The summed E-state index contributed by atoms with van der Waals surface area (Å²) in [6.45, 7) is 0. The molecule has 3 heterocycles. The van der Waals surface area contributed by atoms with Gasteiger partial charge in [0.05, 0.1) is 17.6 Å². The van der Waals surface area contributed by atoms with Crippen LogP contribution in [0.5, 0.6) is 0 Å². The van der Waals surface area contributed by atoms with E-state index in [1.807, 2.05) is 36.8 Å². The molecular formula is C17H12BrN5O. The Labute approximate surface area is 145 Å². The zero-order valence-electron chi connectivity index (χ0n) is 12.5. The molecule has 3 aromatic heterocycles. The number of aromatic nitrogens is 5. The topological polar surface area (TPSA) is 80.5 Å². The first-order valence-electron chi connectivity index (χ1n) is 7.71. The van der Waals surface area contributed by atoms with Crippen LogP contribution in [-0.2, 0) is 0 Å². The molecule has 24 heavy (non-hydrogen) atoms. The Morgan fingerprint density at radius 3 is 2.88 bits per heavy atom. The molecule has 0 radical (unpaired) electrons. The van der Waals surface area contributed by atoms with E-state index in [-0.39, 0.29) is 0 Å². The molecule has 5 rings (SSSR count). The van der Waals surface area contributed by atoms with Crippen LogP contribution in [0.15, 0.2) is 46.0 Å². The number of hydrogen-bond acceptors (Lipinski definition) is 5. The summed E-state index contributed by atoms with van der Waals surface area (Å²) in [5, 5.41) is 8.93. The average molecular weight is 382 g/mol. The van der Waals surface area contributed by atoms with Crippen molar-refractivity contribution >= 4 is 26.8 Å². The highest BCUT2D eigenvalue weighted by atomic mass is 79.9. The fourth-order valence-electron chi connectivity index (χ4n) is 2.87. The first kappa shape index (κ1) is 13.9. The molecule has 1 aliphatic rings. The smallest absolute Gasteiger partial charge is 0.285 e. The van der Waals surface area contributed by atoms with Crippen LogP contribution in [0.1, 0.15) is 24.5 Å². The quantitative estimate of drug-likeness (QED) is 0.571. The number of fused-ring (bicyclic) bond motifs is 1. The van der Waals surface area contributed by atoms with E-state index in [0.29, 0.717) is 16.6 Å². The van der Waals surface area contributed by atoms with Crippen molar-refractivity contribution in [2.24, 2.45) is 0 Å². The number of nitrogens with one attached hydrogen (secondary N) is 1. The molecule has 0 saturated heterocycles. The van der Waals surface area contributed by atoms with E-state index in [2.05, 4.69) is 36.1 Å². The summed E-state index contributed by atoms with van der Waals surface area (Å²) in [4.78, 5) is 12.8. The molecular weight excluding hydrogens is 370 g/mol. The van der Waals surface area contributed by atoms with Gasteiger partial charge in [-0.25, -0.2) is 4.98 Å². The lowest BCUT2D eigenvalue weighted by Crippen LogP contribution is -1.91. The van der Waals surface area contributed by atoms with Crippen LogP contribution in [0.3, 0.4) is 0 Å². The van der Waals surface area contributed by atoms with Crippen molar-refractivity contribution in [2.75, 3.05) is 0 Å². The molecule has 6 nitrogen and oxygen atoms in total. The Balaban J connectivity index is 1.64. The molecule has 1 aliphatic carbocycles. The Kier molecular flexibility index (Phi) is 3.02. The minimum Gasteiger partial charge on any atom is -0.411 e. The first-order valence-corrected chi connectivity index (χ1v) is 8.50. The Morgan fingerprint density at radius 2 is 2.08 bits per heavy atom. The third-order valence-corrected chi connectivity index (χ3v) is 4.57. The molecule has 1 fully saturated rings. The van der Waals surface area contributed by atoms with Crippen molar-refractivity contribution in [1.29, 1.82) is 0 Å². The minimum absolute atomic E-state index is 0.370. The molecule has 0 atom stereocenters. The molecule has 0 amide bonds. The van der Waals surface area contributed by atoms with Gasteiger partial charge in [-0.3, -0.25) is 4.98 Å². The predicted octanol–water partition coefficient (Wildman–Crippen LogP) is 4.31. The first-order chi connectivity index (χ1) is 11.8. The molecule has 7 heteroatoms. The van der Waals surface area contributed by atoms with Crippen molar-refractivity contribution in [3.63, 3.8) is 0 Å². The van der Waals surface area contributed by atoms with Crippen LogP contribution in [0.25, 0.3) is 33.6 Å². The highest BCUT2D eigenvalue weighted by Crippen LogP contribution is 2.39. The van der Waals surface area contributed by atoms with E-state index in [0.717, 1.165) is 33.4 Å². The third-order valence-electron chi connectivity index (χ3n) is 4.25. The zero-order chi connectivity index (χ0) is 16.1. The number of rotatable bonds is 3. The molecule has 118 valence electrons. The van der Waals surface area contributed by atoms with Gasteiger partial charge in [-0.2, -0.15) is 0 Å². The number of nitrogens with zero attached hydrogens (tertiary/aromatic N) is 4. The monoisotopic (exact) mass is 381 g/mol. The molecule has 0 aliphatic heterocycles. The van der Waals surface area contributed by atoms with E-state index < -0.39 is 0 Å². The van der Waals surface area contributed by atoms with Crippen LogP contribution in [0.2, 0.25) is 0 Å². The number of halogens is 1. The maximum Gasteiger partial charge on any atom is 0.285 e. The molecule has 1 N–H and O–H groups in total. The van der Waals surface area contributed by atoms with Crippen LogP contribution in [0.4, 0.5) is 0 Å². The van der Waals surface area contributed by atoms with Gasteiger partial charge >= 0.3 is 0 Å². The number of aromatic amines is 1. The average Bonchev–Trinajstić information content (AvgIpc) is 3.24. The van der Waals surface area contributed by atoms with Gasteiger partial charge in [0.1, 0.15) is 0 Å². The molecule has 1 aromatic carbocycles. The predicted molar refractivity (Wildman–Crippen MR) is 92.3 cm³/mol. The lowest BCUT2D eigenvalue weighted by Gasteiger charge is -2.02. The normalized spacial score (nSPS) is 14.4. The maximum absolute atomic E-state index is 5.46. The molecule has 0 spiro atoms. The minimum atomic E-state index is 0.370. The summed E-state index contributed by atoms with van der Waals surface area (Å²) < 4.78 is 5.46. The van der Waals surface area contributed by atoms with E-state index in [9.17, 15) is 0 Å². The van der Waals surface area contributed by atoms with Gasteiger partial charge in [-0.1, -0.05) is 0 Å². The zero-order valence-corrected chi connectivity index (χ0v) is 14.1. The molecule has 0 unspecified atom stereocenters. The second kappa shape index (κ2) is 5.24. The number of benzene rings is 1. The van der Waals surface area contributed by atoms with Gasteiger partial charge < -0.3 is 9.40 Å². The second-order valence-electron chi connectivity index (χ2n) is 5.93. The summed E-state index contributed by atoms with van der Waals surface area (Å²) in [5.74, 6) is 1.06. The summed E-state index contributed by atoms with van der Waals surface area (Å²) in [6.07, 6.45) is 8.07. The van der Waals surface area contributed by atoms with Gasteiger partial charge in [0, 0.05) is 56.3 Å².